The topological polar surface area (TPSA) is 0 Å². The molecule has 2 aromatic rings. The fourth-order valence-electron chi connectivity index (χ4n) is 1.63. The molecule has 0 N–H and O–H groups in total. The summed E-state index contributed by atoms with van der Waals surface area (Å²) in [5.41, 5.74) is 3.13. The van der Waals surface area contributed by atoms with Crippen molar-refractivity contribution in [3.63, 3.8) is 0 Å². The van der Waals surface area contributed by atoms with E-state index < -0.39 is 0 Å². The van der Waals surface area contributed by atoms with Gasteiger partial charge in [-0.2, -0.15) is 0 Å². The van der Waals surface area contributed by atoms with Gasteiger partial charge in [0.25, 0.3) is 0 Å². The molecular weight excluding hydrogens is 354 g/mol. The Labute approximate surface area is 130 Å². The van der Waals surface area contributed by atoms with Crippen LogP contribution in [0.5, 0.6) is 0 Å². The summed E-state index contributed by atoms with van der Waals surface area (Å²) >= 11 is 21.9. The second kappa shape index (κ2) is 5.83. The standard InChI is InChI=1S/C14H10BrCl3/c1-8-2-3-9(6-11(8)15)14(18)10-4-5-12(16)13(17)7-10/h2-7,14H,1H3. The first-order valence-electron chi connectivity index (χ1n) is 5.34. The molecule has 0 aliphatic rings. The van der Waals surface area contributed by atoms with Crippen molar-refractivity contribution in [2.75, 3.05) is 0 Å². The molecule has 18 heavy (non-hydrogen) atoms. The molecule has 1 unspecified atom stereocenters. The molecule has 94 valence electrons. The molecule has 0 nitrogen and oxygen atoms in total. The smallest absolute Gasteiger partial charge is 0.0836 e. The summed E-state index contributed by atoms with van der Waals surface area (Å²) < 4.78 is 1.05. The van der Waals surface area contributed by atoms with Gasteiger partial charge >= 0.3 is 0 Å². The van der Waals surface area contributed by atoms with Gasteiger partial charge in [-0.05, 0) is 41.8 Å². The Kier molecular flexibility index (Phi) is 4.60. The molecule has 0 fully saturated rings. The summed E-state index contributed by atoms with van der Waals surface area (Å²) in [5.74, 6) is 0. The molecule has 0 bridgehead atoms. The minimum absolute atomic E-state index is 0.239. The highest BCUT2D eigenvalue weighted by molar-refractivity contribution is 9.10. The van der Waals surface area contributed by atoms with Crippen molar-refractivity contribution in [2.45, 2.75) is 12.3 Å². The maximum Gasteiger partial charge on any atom is 0.0836 e. The minimum atomic E-state index is -0.239. The Morgan fingerprint density at radius 3 is 2.17 bits per heavy atom. The van der Waals surface area contributed by atoms with Crippen LogP contribution in [-0.2, 0) is 0 Å². The predicted octanol–water partition coefficient (Wildman–Crippen LogP) is 6.39. The van der Waals surface area contributed by atoms with Gasteiger partial charge in [0.1, 0.15) is 0 Å². The van der Waals surface area contributed by atoms with E-state index in [9.17, 15) is 0 Å². The van der Waals surface area contributed by atoms with Gasteiger partial charge in [0, 0.05) is 4.47 Å². The van der Waals surface area contributed by atoms with E-state index in [4.69, 9.17) is 34.8 Å². The zero-order chi connectivity index (χ0) is 13.3. The van der Waals surface area contributed by atoms with Crippen LogP contribution >= 0.6 is 50.7 Å². The first kappa shape index (κ1) is 14.2. The van der Waals surface area contributed by atoms with Crippen LogP contribution in [0.4, 0.5) is 0 Å². The van der Waals surface area contributed by atoms with Gasteiger partial charge in [0.2, 0.25) is 0 Å². The quantitative estimate of drug-likeness (QED) is 0.541. The molecule has 0 aliphatic heterocycles. The minimum Gasteiger partial charge on any atom is -0.113 e. The lowest BCUT2D eigenvalue weighted by molar-refractivity contribution is 1.13. The monoisotopic (exact) mass is 362 g/mol. The first-order chi connectivity index (χ1) is 8.49. The summed E-state index contributed by atoms with van der Waals surface area (Å²) in [6.45, 7) is 2.04. The van der Waals surface area contributed by atoms with E-state index in [1.807, 2.05) is 31.2 Å². The normalized spacial score (nSPS) is 12.5. The van der Waals surface area contributed by atoms with Crippen LogP contribution in [0.2, 0.25) is 10.0 Å². The Morgan fingerprint density at radius 2 is 1.56 bits per heavy atom. The van der Waals surface area contributed by atoms with Crippen LogP contribution in [-0.4, -0.2) is 0 Å². The maximum atomic E-state index is 6.46. The van der Waals surface area contributed by atoms with E-state index in [2.05, 4.69) is 15.9 Å². The highest BCUT2D eigenvalue weighted by Crippen LogP contribution is 2.34. The number of rotatable bonds is 2. The molecule has 0 saturated heterocycles. The van der Waals surface area contributed by atoms with Crippen LogP contribution in [0.1, 0.15) is 22.1 Å². The molecule has 0 amide bonds. The average Bonchev–Trinajstić information content (AvgIpc) is 2.35. The predicted molar refractivity (Wildman–Crippen MR) is 83.0 cm³/mol. The molecule has 2 rings (SSSR count). The zero-order valence-corrected chi connectivity index (χ0v) is 13.4. The van der Waals surface area contributed by atoms with Crippen LogP contribution < -0.4 is 0 Å². The van der Waals surface area contributed by atoms with Crippen molar-refractivity contribution < 1.29 is 0 Å². The largest absolute Gasteiger partial charge is 0.113 e. The van der Waals surface area contributed by atoms with Crippen molar-refractivity contribution >= 4 is 50.7 Å². The van der Waals surface area contributed by atoms with Crippen molar-refractivity contribution in [1.82, 2.24) is 0 Å². The Balaban J connectivity index is 2.37. The average molecular weight is 364 g/mol. The summed E-state index contributed by atoms with van der Waals surface area (Å²) in [6, 6.07) is 11.5. The summed E-state index contributed by atoms with van der Waals surface area (Å²) in [5, 5.41) is 0.817. The van der Waals surface area contributed by atoms with Gasteiger partial charge in [-0.15, -0.1) is 11.6 Å². The Hall–Kier alpha value is -0.210. The third-order valence-corrected chi connectivity index (χ3v) is 4.82. The van der Waals surface area contributed by atoms with E-state index in [0.717, 1.165) is 15.6 Å². The highest BCUT2D eigenvalue weighted by Gasteiger charge is 2.13. The summed E-state index contributed by atoms with van der Waals surface area (Å²) in [6.07, 6.45) is 0. The number of hydrogen-bond acceptors (Lipinski definition) is 0. The fraction of sp³-hybridized carbons (Fsp3) is 0.143. The van der Waals surface area contributed by atoms with E-state index in [1.54, 1.807) is 12.1 Å². The number of halogens is 4. The molecule has 1 atom stereocenters. The number of benzene rings is 2. The Bertz CT molecular complexity index is 530. The van der Waals surface area contributed by atoms with Gasteiger partial charge in [-0.25, -0.2) is 0 Å². The number of hydrogen-bond donors (Lipinski definition) is 0. The lowest BCUT2D eigenvalue weighted by Crippen LogP contribution is -1.94. The molecule has 0 saturated carbocycles. The molecule has 0 spiro atoms. The summed E-state index contributed by atoms with van der Waals surface area (Å²) in [7, 11) is 0. The van der Waals surface area contributed by atoms with Crippen LogP contribution in [0.3, 0.4) is 0 Å². The molecule has 0 aliphatic carbocycles. The first-order valence-corrected chi connectivity index (χ1v) is 7.32. The molecule has 2 aromatic carbocycles. The van der Waals surface area contributed by atoms with Crippen LogP contribution in [0, 0.1) is 6.92 Å². The lowest BCUT2D eigenvalue weighted by atomic mass is 10.0. The number of aryl methyl sites for hydroxylation is 1. The van der Waals surface area contributed by atoms with Crippen molar-refractivity contribution in [3.05, 3.63) is 67.6 Å². The third-order valence-electron chi connectivity index (χ3n) is 2.72. The molecule has 0 aromatic heterocycles. The van der Waals surface area contributed by atoms with Gasteiger partial charge in [0.15, 0.2) is 0 Å². The molecule has 0 radical (unpaired) electrons. The van der Waals surface area contributed by atoms with E-state index in [1.165, 1.54) is 5.56 Å². The van der Waals surface area contributed by atoms with Gasteiger partial charge in [-0.1, -0.05) is 57.3 Å². The van der Waals surface area contributed by atoms with E-state index in [-0.39, 0.29) is 5.38 Å². The molecule has 0 heterocycles. The van der Waals surface area contributed by atoms with Crippen molar-refractivity contribution in [3.8, 4) is 0 Å². The van der Waals surface area contributed by atoms with E-state index >= 15 is 0 Å². The second-order valence-corrected chi connectivity index (χ2v) is 6.15. The fourth-order valence-corrected chi connectivity index (χ4v) is 2.60. The summed E-state index contributed by atoms with van der Waals surface area (Å²) in [4.78, 5) is 0. The maximum absolute atomic E-state index is 6.46. The third kappa shape index (κ3) is 3.03. The van der Waals surface area contributed by atoms with E-state index in [0.29, 0.717) is 10.0 Å². The van der Waals surface area contributed by atoms with Crippen LogP contribution in [0.25, 0.3) is 0 Å². The van der Waals surface area contributed by atoms with Gasteiger partial charge in [0.05, 0.1) is 15.4 Å². The Morgan fingerprint density at radius 1 is 0.944 bits per heavy atom. The van der Waals surface area contributed by atoms with Crippen molar-refractivity contribution in [2.24, 2.45) is 0 Å². The highest BCUT2D eigenvalue weighted by atomic mass is 79.9. The lowest BCUT2D eigenvalue weighted by Gasteiger charge is -2.12. The van der Waals surface area contributed by atoms with Crippen LogP contribution in [0.15, 0.2) is 40.9 Å². The zero-order valence-electron chi connectivity index (χ0n) is 9.55. The van der Waals surface area contributed by atoms with Gasteiger partial charge < -0.3 is 0 Å². The number of alkyl halides is 1. The SMILES string of the molecule is Cc1ccc(C(Cl)c2ccc(Cl)c(Cl)c2)cc1Br. The van der Waals surface area contributed by atoms with Gasteiger partial charge in [-0.3, -0.25) is 0 Å². The molecule has 4 heteroatoms. The second-order valence-electron chi connectivity index (χ2n) is 4.04. The van der Waals surface area contributed by atoms with Crippen molar-refractivity contribution in [1.29, 1.82) is 0 Å². The molecular formula is C14H10BrCl3.